The molecule has 2 heterocycles. The lowest BCUT2D eigenvalue weighted by Gasteiger charge is -2.25. The molecule has 1 fully saturated rings. The zero-order valence-electron chi connectivity index (χ0n) is 22.1. The van der Waals surface area contributed by atoms with E-state index >= 15 is 0 Å². The van der Waals surface area contributed by atoms with Gasteiger partial charge in [-0.3, -0.25) is 0 Å². The summed E-state index contributed by atoms with van der Waals surface area (Å²) in [6.07, 6.45) is 5.88. The molecule has 1 aliphatic rings. The highest BCUT2D eigenvalue weighted by Crippen LogP contribution is 2.37. The summed E-state index contributed by atoms with van der Waals surface area (Å²) in [5.41, 5.74) is 8.31. The third-order valence-electron chi connectivity index (χ3n) is 8.11. The largest absolute Gasteiger partial charge is 0.478 e. The number of rotatable bonds is 5. The maximum atomic E-state index is 11.6. The monoisotopic (exact) mass is 523 g/mol. The number of carbonyl (C=O) groups is 1. The van der Waals surface area contributed by atoms with Gasteiger partial charge in [0.05, 0.1) is 27.8 Å². The van der Waals surface area contributed by atoms with E-state index in [4.69, 9.17) is 9.97 Å². The second kappa shape index (κ2) is 10.1. The van der Waals surface area contributed by atoms with E-state index in [0.29, 0.717) is 6.04 Å². The van der Waals surface area contributed by atoms with Crippen molar-refractivity contribution in [3.63, 3.8) is 0 Å². The Labute approximate surface area is 232 Å². The van der Waals surface area contributed by atoms with Crippen molar-refractivity contribution >= 4 is 27.9 Å². The highest BCUT2D eigenvalue weighted by atomic mass is 16.4. The number of aromatic carboxylic acids is 1. The third-order valence-corrected chi connectivity index (χ3v) is 8.11. The van der Waals surface area contributed by atoms with Crippen LogP contribution in [0.5, 0.6) is 0 Å². The molecule has 196 valence electrons. The molecule has 1 saturated carbocycles. The molecule has 2 aromatic heterocycles. The molecular weight excluding hydrogens is 494 g/mol. The molecule has 6 aromatic rings. The van der Waals surface area contributed by atoms with Crippen LogP contribution in [0.1, 0.15) is 48.5 Å². The number of hydrogen-bond donors (Lipinski definition) is 1. The molecule has 0 radical (unpaired) electrons. The second-order valence-corrected chi connectivity index (χ2v) is 10.6. The summed E-state index contributed by atoms with van der Waals surface area (Å²) >= 11 is 0. The number of nitrogens with zero attached hydrogens (tertiary/aromatic N) is 3. The Morgan fingerprint density at radius 3 is 2.27 bits per heavy atom. The zero-order chi connectivity index (χ0) is 27.1. The van der Waals surface area contributed by atoms with Crippen molar-refractivity contribution in [1.82, 2.24) is 14.5 Å². The van der Waals surface area contributed by atoms with Crippen LogP contribution in [-0.4, -0.2) is 25.6 Å². The molecule has 0 unspecified atom stereocenters. The SMILES string of the molecule is O=C(O)c1ccc2c(c1)nc(-c1ccc3nc(-c4ccccc4-c4ccccc4)ccc3c1)n2C1CCCCC1. The fraction of sp³-hybridized carbons (Fsp3) is 0.171. The van der Waals surface area contributed by atoms with Crippen LogP contribution < -0.4 is 0 Å². The van der Waals surface area contributed by atoms with Gasteiger partial charge in [0, 0.05) is 22.6 Å². The van der Waals surface area contributed by atoms with Gasteiger partial charge in [0.25, 0.3) is 0 Å². The fourth-order valence-corrected chi connectivity index (χ4v) is 6.13. The van der Waals surface area contributed by atoms with E-state index in [1.807, 2.05) is 12.1 Å². The summed E-state index contributed by atoms with van der Waals surface area (Å²) in [4.78, 5) is 21.7. The average molecular weight is 524 g/mol. The quantitative estimate of drug-likeness (QED) is 0.245. The Hall–Kier alpha value is -4.77. The van der Waals surface area contributed by atoms with Crippen molar-refractivity contribution in [2.45, 2.75) is 38.1 Å². The number of pyridine rings is 1. The highest BCUT2D eigenvalue weighted by Gasteiger charge is 2.23. The summed E-state index contributed by atoms with van der Waals surface area (Å²) < 4.78 is 2.35. The summed E-state index contributed by atoms with van der Waals surface area (Å²) in [5, 5.41) is 10.6. The van der Waals surface area contributed by atoms with Gasteiger partial charge >= 0.3 is 5.97 Å². The van der Waals surface area contributed by atoms with Gasteiger partial charge in [-0.25, -0.2) is 14.8 Å². The van der Waals surface area contributed by atoms with Gasteiger partial charge in [-0.1, -0.05) is 79.9 Å². The zero-order valence-corrected chi connectivity index (χ0v) is 22.1. The summed E-state index contributed by atoms with van der Waals surface area (Å²) in [7, 11) is 0. The van der Waals surface area contributed by atoms with Gasteiger partial charge in [0.1, 0.15) is 5.82 Å². The van der Waals surface area contributed by atoms with Crippen LogP contribution in [0.15, 0.2) is 103 Å². The topological polar surface area (TPSA) is 68.0 Å². The van der Waals surface area contributed by atoms with Crippen molar-refractivity contribution in [2.24, 2.45) is 0 Å². The van der Waals surface area contributed by atoms with Crippen LogP contribution in [0, 0.1) is 0 Å². The molecule has 4 aromatic carbocycles. The normalized spacial score (nSPS) is 14.1. The first-order valence-corrected chi connectivity index (χ1v) is 14.0. The molecule has 5 nitrogen and oxygen atoms in total. The van der Waals surface area contributed by atoms with Crippen LogP contribution in [0.2, 0.25) is 0 Å². The number of aromatic nitrogens is 3. The molecule has 1 N–H and O–H groups in total. The first-order valence-electron chi connectivity index (χ1n) is 14.0. The Bertz CT molecular complexity index is 1870. The van der Waals surface area contributed by atoms with Crippen LogP contribution in [0.3, 0.4) is 0 Å². The Morgan fingerprint density at radius 1 is 0.700 bits per heavy atom. The second-order valence-electron chi connectivity index (χ2n) is 10.6. The van der Waals surface area contributed by atoms with Crippen molar-refractivity contribution in [3.05, 3.63) is 109 Å². The molecule has 0 spiro atoms. The molecule has 7 rings (SSSR count). The molecule has 0 aliphatic heterocycles. The van der Waals surface area contributed by atoms with E-state index in [1.54, 1.807) is 12.1 Å². The average Bonchev–Trinajstić information content (AvgIpc) is 3.40. The van der Waals surface area contributed by atoms with Gasteiger partial charge < -0.3 is 9.67 Å². The van der Waals surface area contributed by atoms with E-state index in [2.05, 4.69) is 83.4 Å². The minimum absolute atomic E-state index is 0.262. The van der Waals surface area contributed by atoms with Crippen molar-refractivity contribution in [2.75, 3.05) is 0 Å². The first-order chi connectivity index (χ1) is 19.7. The van der Waals surface area contributed by atoms with E-state index in [0.717, 1.165) is 63.0 Å². The predicted octanol–water partition coefficient (Wildman–Crippen LogP) is 8.79. The summed E-state index contributed by atoms with van der Waals surface area (Å²) in [5.74, 6) is -0.0399. The molecular formula is C35H29N3O2. The highest BCUT2D eigenvalue weighted by molar-refractivity contribution is 5.94. The molecule has 0 bridgehead atoms. The van der Waals surface area contributed by atoms with Crippen molar-refractivity contribution in [3.8, 4) is 33.8 Å². The number of carboxylic acids is 1. The van der Waals surface area contributed by atoms with Crippen LogP contribution >= 0.6 is 0 Å². The smallest absolute Gasteiger partial charge is 0.335 e. The van der Waals surface area contributed by atoms with Crippen molar-refractivity contribution in [1.29, 1.82) is 0 Å². The van der Waals surface area contributed by atoms with Gasteiger partial charge in [-0.2, -0.15) is 0 Å². The molecule has 40 heavy (non-hydrogen) atoms. The summed E-state index contributed by atoms with van der Waals surface area (Å²) in [6.45, 7) is 0. The molecule has 0 atom stereocenters. The third kappa shape index (κ3) is 4.34. The predicted molar refractivity (Wildman–Crippen MR) is 160 cm³/mol. The molecule has 0 amide bonds. The summed E-state index contributed by atoms with van der Waals surface area (Å²) in [6, 6.07) is 35.0. The first kappa shape index (κ1) is 24.3. The fourth-order valence-electron chi connectivity index (χ4n) is 6.13. The van der Waals surface area contributed by atoms with Gasteiger partial charge in [0.15, 0.2) is 0 Å². The van der Waals surface area contributed by atoms with Gasteiger partial charge in [-0.05, 0) is 66.4 Å². The Morgan fingerprint density at radius 2 is 1.48 bits per heavy atom. The van der Waals surface area contributed by atoms with Gasteiger partial charge in [0.2, 0.25) is 0 Å². The minimum Gasteiger partial charge on any atom is -0.478 e. The standard InChI is InChI=1S/C35H29N3O2/c39-35(40)26-17-20-33-32(22-26)37-34(38(33)27-11-5-2-6-12-27)25-16-18-30-24(21-25)15-19-31(36-30)29-14-8-7-13-28(29)23-9-3-1-4-10-23/h1,3-4,7-10,13-22,27H,2,5-6,11-12H2,(H,39,40). The number of carboxylic acid groups (broad SMARTS) is 1. The van der Waals surface area contributed by atoms with Crippen LogP contribution in [-0.2, 0) is 0 Å². The van der Waals surface area contributed by atoms with E-state index < -0.39 is 5.97 Å². The lowest BCUT2D eigenvalue weighted by Crippen LogP contribution is -2.14. The lowest BCUT2D eigenvalue weighted by molar-refractivity contribution is 0.0697. The van der Waals surface area contributed by atoms with Gasteiger partial charge in [-0.15, -0.1) is 0 Å². The maximum absolute atomic E-state index is 11.6. The number of benzene rings is 4. The molecule has 1 aliphatic carbocycles. The van der Waals surface area contributed by atoms with E-state index in [-0.39, 0.29) is 5.56 Å². The van der Waals surface area contributed by atoms with Crippen LogP contribution in [0.4, 0.5) is 0 Å². The lowest BCUT2D eigenvalue weighted by atomic mass is 9.94. The van der Waals surface area contributed by atoms with Crippen LogP contribution in [0.25, 0.3) is 55.7 Å². The van der Waals surface area contributed by atoms with E-state index in [1.165, 1.54) is 24.8 Å². The Kier molecular flexibility index (Phi) is 6.12. The molecule has 0 saturated heterocycles. The molecule has 5 heteroatoms. The van der Waals surface area contributed by atoms with E-state index in [9.17, 15) is 9.90 Å². The Balaban J connectivity index is 1.33. The number of hydrogen-bond acceptors (Lipinski definition) is 3. The minimum atomic E-state index is -0.933. The van der Waals surface area contributed by atoms with Crippen molar-refractivity contribution < 1.29 is 9.90 Å². The number of fused-ring (bicyclic) bond motifs is 2. The number of imidazole rings is 1. The maximum Gasteiger partial charge on any atom is 0.335 e.